The van der Waals surface area contributed by atoms with Crippen LogP contribution in [0.3, 0.4) is 0 Å². The molecule has 1 aliphatic rings. The monoisotopic (exact) mass is 234 g/mol. The number of hydrogen-bond donors (Lipinski definition) is 1. The lowest BCUT2D eigenvalue weighted by atomic mass is 10.1. The third-order valence-corrected chi connectivity index (χ3v) is 3.23. The van der Waals surface area contributed by atoms with Gasteiger partial charge in [0.1, 0.15) is 5.82 Å². The van der Waals surface area contributed by atoms with Crippen molar-refractivity contribution in [3.05, 3.63) is 23.9 Å². The highest BCUT2D eigenvalue weighted by Gasteiger charge is 2.21. The number of carbonyl (C=O) groups excluding carboxylic acids is 1. The SMILES string of the molecule is COC(=O)c1ccnc(NC2CCC(C)C2)c1. The zero-order chi connectivity index (χ0) is 12.3. The van der Waals surface area contributed by atoms with Crippen LogP contribution in [0.4, 0.5) is 5.82 Å². The zero-order valence-corrected chi connectivity index (χ0v) is 10.3. The second-order valence-corrected chi connectivity index (χ2v) is 4.68. The molecule has 0 bridgehead atoms. The molecule has 1 fully saturated rings. The van der Waals surface area contributed by atoms with Crippen molar-refractivity contribution >= 4 is 11.8 Å². The van der Waals surface area contributed by atoms with Crippen LogP contribution in [0.15, 0.2) is 18.3 Å². The van der Waals surface area contributed by atoms with E-state index in [9.17, 15) is 4.79 Å². The summed E-state index contributed by atoms with van der Waals surface area (Å²) in [5, 5.41) is 3.37. The lowest BCUT2D eigenvalue weighted by molar-refractivity contribution is 0.0600. The van der Waals surface area contributed by atoms with Crippen LogP contribution in [0, 0.1) is 5.92 Å². The molecule has 1 N–H and O–H groups in total. The number of nitrogens with zero attached hydrogens (tertiary/aromatic N) is 1. The number of pyridine rings is 1. The van der Waals surface area contributed by atoms with E-state index >= 15 is 0 Å². The van der Waals surface area contributed by atoms with Gasteiger partial charge in [-0.3, -0.25) is 0 Å². The lowest BCUT2D eigenvalue weighted by Gasteiger charge is -2.13. The van der Waals surface area contributed by atoms with Gasteiger partial charge in [-0.05, 0) is 37.3 Å². The molecule has 1 aromatic heterocycles. The van der Waals surface area contributed by atoms with E-state index in [1.54, 1.807) is 18.3 Å². The van der Waals surface area contributed by atoms with Crippen molar-refractivity contribution in [2.75, 3.05) is 12.4 Å². The lowest BCUT2D eigenvalue weighted by Crippen LogP contribution is -2.16. The molecule has 1 aromatic rings. The summed E-state index contributed by atoms with van der Waals surface area (Å²) in [5.74, 6) is 1.21. The topological polar surface area (TPSA) is 51.2 Å². The van der Waals surface area contributed by atoms with Gasteiger partial charge in [0.15, 0.2) is 0 Å². The smallest absolute Gasteiger partial charge is 0.338 e. The van der Waals surface area contributed by atoms with Gasteiger partial charge >= 0.3 is 5.97 Å². The van der Waals surface area contributed by atoms with E-state index < -0.39 is 0 Å². The summed E-state index contributed by atoms with van der Waals surface area (Å²) >= 11 is 0. The molecule has 1 aliphatic carbocycles. The molecule has 0 amide bonds. The fraction of sp³-hybridized carbons (Fsp3) is 0.538. The number of aromatic nitrogens is 1. The molecule has 0 spiro atoms. The van der Waals surface area contributed by atoms with E-state index in [2.05, 4.69) is 22.0 Å². The van der Waals surface area contributed by atoms with Crippen molar-refractivity contribution in [3.8, 4) is 0 Å². The van der Waals surface area contributed by atoms with E-state index in [-0.39, 0.29) is 5.97 Å². The third kappa shape index (κ3) is 2.96. The Morgan fingerprint density at radius 1 is 1.53 bits per heavy atom. The molecule has 0 radical (unpaired) electrons. The van der Waals surface area contributed by atoms with E-state index in [1.165, 1.54) is 26.4 Å². The minimum atomic E-state index is -0.324. The number of rotatable bonds is 3. The van der Waals surface area contributed by atoms with Gasteiger partial charge in [-0.15, -0.1) is 0 Å². The number of anilines is 1. The van der Waals surface area contributed by atoms with Crippen molar-refractivity contribution < 1.29 is 9.53 Å². The first-order chi connectivity index (χ1) is 8.19. The molecule has 2 atom stereocenters. The molecule has 1 saturated carbocycles. The Bertz CT molecular complexity index is 406. The van der Waals surface area contributed by atoms with Gasteiger partial charge in [0.25, 0.3) is 0 Å². The van der Waals surface area contributed by atoms with Crippen molar-refractivity contribution in [3.63, 3.8) is 0 Å². The van der Waals surface area contributed by atoms with Crippen LogP contribution in [0.2, 0.25) is 0 Å². The maximum Gasteiger partial charge on any atom is 0.338 e. The van der Waals surface area contributed by atoms with Crippen LogP contribution in [0.25, 0.3) is 0 Å². The summed E-state index contributed by atoms with van der Waals surface area (Å²) in [6.07, 6.45) is 5.23. The largest absolute Gasteiger partial charge is 0.465 e. The molecular formula is C13H18N2O2. The van der Waals surface area contributed by atoms with E-state index in [4.69, 9.17) is 0 Å². The average molecular weight is 234 g/mol. The van der Waals surface area contributed by atoms with Crippen LogP contribution in [-0.2, 0) is 4.74 Å². The predicted octanol–water partition coefficient (Wildman–Crippen LogP) is 2.47. The summed E-state index contributed by atoms with van der Waals surface area (Å²) in [5.41, 5.74) is 0.538. The summed E-state index contributed by atoms with van der Waals surface area (Å²) in [6, 6.07) is 3.88. The number of ether oxygens (including phenoxy) is 1. The summed E-state index contributed by atoms with van der Waals surface area (Å²) < 4.78 is 4.68. The average Bonchev–Trinajstić information content (AvgIpc) is 2.74. The molecule has 2 unspecified atom stereocenters. The van der Waals surface area contributed by atoms with Crippen LogP contribution in [0.1, 0.15) is 36.5 Å². The molecule has 2 rings (SSSR count). The zero-order valence-electron chi connectivity index (χ0n) is 10.3. The van der Waals surface area contributed by atoms with Crippen molar-refractivity contribution in [1.82, 2.24) is 4.98 Å². The van der Waals surface area contributed by atoms with Crippen molar-refractivity contribution in [2.45, 2.75) is 32.2 Å². The Balaban J connectivity index is 2.03. The second kappa shape index (κ2) is 5.17. The summed E-state index contributed by atoms with van der Waals surface area (Å²) in [6.45, 7) is 2.26. The maximum atomic E-state index is 11.4. The number of carbonyl (C=O) groups is 1. The van der Waals surface area contributed by atoms with Gasteiger partial charge in [0, 0.05) is 12.2 Å². The quantitative estimate of drug-likeness (QED) is 0.816. The predicted molar refractivity (Wildman–Crippen MR) is 66.0 cm³/mol. The Kier molecular flexibility index (Phi) is 3.61. The van der Waals surface area contributed by atoms with Crippen LogP contribution >= 0.6 is 0 Å². The Morgan fingerprint density at radius 3 is 3.00 bits per heavy atom. The fourth-order valence-electron chi connectivity index (χ4n) is 2.30. The number of methoxy groups -OCH3 is 1. The summed E-state index contributed by atoms with van der Waals surface area (Å²) in [4.78, 5) is 15.6. The maximum absolute atomic E-state index is 11.4. The number of hydrogen-bond acceptors (Lipinski definition) is 4. The van der Waals surface area contributed by atoms with Gasteiger partial charge < -0.3 is 10.1 Å². The van der Waals surface area contributed by atoms with Gasteiger partial charge in [-0.2, -0.15) is 0 Å². The first-order valence-electron chi connectivity index (χ1n) is 6.00. The van der Waals surface area contributed by atoms with Gasteiger partial charge in [0.2, 0.25) is 0 Å². The summed E-state index contributed by atoms with van der Waals surface area (Å²) in [7, 11) is 1.38. The normalized spacial score (nSPS) is 23.4. The molecule has 17 heavy (non-hydrogen) atoms. The van der Waals surface area contributed by atoms with Crippen LogP contribution in [-0.4, -0.2) is 24.1 Å². The van der Waals surface area contributed by atoms with Gasteiger partial charge in [-0.25, -0.2) is 9.78 Å². The Morgan fingerprint density at radius 2 is 2.35 bits per heavy atom. The Labute approximate surface area is 101 Å². The first kappa shape index (κ1) is 11.9. The Hall–Kier alpha value is -1.58. The standard InChI is InChI=1S/C13H18N2O2/c1-9-3-4-11(7-9)15-12-8-10(5-6-14-12)13(16)17-2/h5-6,8-9,11H,3-4,7H2,1-2H3,(H,14,15). The third-order valence-electron chi connectivity index (χ3n) is 3.23. The molecule has 0 aromatic carbocycles. The van der Waals surface area contributed by atoms with E-state index in [1.807, 2.05) is 0 Å². The number of esters is 1. The molecule has 0 aliphatic heterocycles. The molecule has 0 saturated heterocycles. The van der Waals surface area contributed by atoms with E-state index in [0.717, 1.165) is 11.7 Å². The molecular weight excluding hydrogens is 216 g/mol. The van der Waals surface area contributed by atoms with Crippen molar-refractivity contribution in [1.29, 1.82) is 0 Å². The molecule has 1 heterocycles. The minimum absolute atomic E-state index is 0.324. The molecule has 4 heteroatoms. The highest BCUT2D eigenvalue weighted by atomic mass is 16.5. The number of nitrogens with one attached hydrogen (secondary N) is 1. The highest BCUT2D eigenvalue weighted by Crippen LogP contribution is 2.27. The minimum Gasteiger partial charge on any atom is -0.465 e. The first-order valence-corrected chi connectivity index (χ1v) is 6.00. The van der Waals surface area contributed by atoms with Gasteiger partial charge in [0.05, 0.1) is 12.7 Å². The molecule has 4 nitrogen and oxygen atoms in total. The van der Waals surface area contributed by atoms with Crippen LogP contribution < -0.4 is 5.32 Å². The molecule has 92 valence electrons. The van der Waals surface area contributed by atoms with Crippen molar-refractivity contribution in [2.24, 2.45) is 5.92 Å². The van der Waals surface area contributed by atoms with E-state index in [0.29, 0.717) is 11.6 Å². The second-order valence-electron chi connectivity index (χ2n) is 4.68. The highest BCUT2D eigenvalue weighted by molar-refractivity contribution is 5.89. The fourth-order valence-corrected chi connectivity index (χ4v) is 2.30. The van der Waals surface area contributed by atoms with Crippen LogP contribution in [0.5, 0.6) is 0 Å². The van der Waals surface area contributed by atoms with Gasteiger partial charge in [-0.1, -0.05) is 6.92 Å².